The maximum atomic E-state index is 2.51. The molecule has 4 aliphatic carbocycles. The Hall–Kier alpha value is -5.98. The van der Waals surface area contributed by atoms with Gasteiger partial charge >= 0.3 is 0 Å². The molecule has 0 radical (unpaired) electrons. The van der Waals surface area contributed by atoms with Crippen LogP contribution in [0, 0.1) is 0 Å². The van der Waals surface area contributed by atoms with Crippen LogP contribution in [-0.2, 0) is 21.7 Å². The molecular weight excluding hydrogens is 697 g/mol. The number of benzene rings is 9. The topological polar surface area (TPSA) is 0 Å². The van der Waals surface area contributed by atoms with E-state index >= 15 is 0 Å². The molecule has 9 aromatic carbocycles. The van der Waals surface area contributed by atoms with Gasteiger partial charge < -0.3 is 0 Å². The molecule has 0 fully saturated rings. The molecule has 9 aromatic rings. The average Bonchev–Trinajstić information content (AvgIpc) is 3.22. The molecule has 0 spiro atoms. The highest BCUT2D eigenvalue weighted by Crippen LogP contribution is 2.61. The molecule has 0 aliphatic heterocycles. The summed E-state index contributed by atoms with van der Waals surface area (Å²) in [7, 11) is 0. The largest absolute Gasteiger partial charge is 0.0613 e. The Morgan fingerprint density at radius 3 is 0.914 bits per heavy atom. The minimum absolute atomic E-state index is 0.0738. The van der Waals surface area contributed by atoms with Crippen LogP contribution in [0.4, 0.5) is 0 Å². The summed E-state index contributed by atoms with van der Waals surface area (Å²) in [6.07, 6.45) is 0. The minimum atomic E-state index is -0.141. The zero-order valence-electron chi connectivity index (χ0n) is 34.7. The Balaban J connectivity index is 0.972. The zero-order chi connectivity index (χ0) is 39.4. The average molecular weight is 743 g/mol. The van der Waals surface area contributed by atoms with Crippen LogP contribution in [0.25, 0.3) is 87.6 Å². The van der Waals surface area contributed by atoms with Crippen molar-refractivity contribution in [2.45, 2.75) is 77.0 Å². The third-order valence-corrected chi connectivity index (χ3v) is 15.8. The van der Waals surface area contributed by atoms with Crippen molar-refractivity contribution in [3.8, 4) is 44.5 Å². The fraction of sp³-hybridized carbons (Fsp3) is 0.207. The van der Waals surface area contributed by atoms with Crippen LogP contribution in [0.5, 0.6) is 0 Å². The lowest BCUT2D eigenvalue weighted by atomic mass is 9.60. The van der Waals surface area contributed by atoms with Gasteiger partial charge in [0.25, 0.3) is 0 Å². The van der Waals surface area contributed by atoms with Gasteiger partial charge in [0.15, 0.2) is 0 Å². The zero-order valence-corrected chi connectivity index (χ0v) is 34.7. The fourth-order valence-corrected chi connectivity index (χ4v) is 12.6. The molecule has 0 saturated heterocycles. The molecule has 58 heavy (non-hydrogen) atoms. The second-order valence-corrected chi connectivity index (χ2v) is 20.1. The van der Waals surface area contributed by atoms with Gasteiger partial charge in [-0.25, -0.2) is 0 Å². The van der Waals surface area contributed by atoms with Gasteiger partial charge in [0.1, 0.15) is 0 Å². The Morgan fingerprint density at radius 2 is 0.552 bits per heavy atom. The maximum Gasteiger partial charge on any atom is 0.0159 e. The first-order chi connectivity index (χ1) is 27.8. The van der Waals surface area contributed by atoms with E-state index in [4.69, 9.17) is 0 Å². The summed E-state index contributed by atoms with van der Waals surface area (Å²) in [4.78, 5) is 0. The van der Waals surface area contributed by atoms with Crippen molar-refractivity contribution in [3.05, 3.63) is 178 Å². The van der Waals surface area contributed by atoms with Crippen LogP contribution in [0.2, 0.25) is 0 Å². The first kappa shape index (κ1) is 33.0. The fourth-order valence-electron chi connectivity index (χ4n) is 12.6. The van der Waals surface area contributed by atoms with E-state index in [9.17, 15) is 0 Å². The van der Waals surface area contributed by atoms with Gasteiger partial charge in [-0.3, -0.25) is 0 Å². The summed E-state index contributed by atoms with van der Waals surface area (Å²) in [5, 5.41) is 11.2. The highest BCUT2D eigenvalue weighted by atomic mass is 14.5. The van der Waals surface area contributed by atoms with Crippen molar-refractivity contribution < 1.29 is 0 Å². The van der Waals surface area contributed by atoms with E-state index in [1.54, 1.807) is 0 Å². The molecule has 0 amide bonds. The lowest BCUT2D eigenvalue weighted by Crippen LogP contribution is -2.30. The summed E-state index contributed by atoms with van der Waals surface area (Å²) in [5.74, 6) is 0. The Kier molecular flexibility index (Phi) is 5.79. The number of rotatable bonds is 2. The van der Waals surface area contributed by atoms with Crippen LogP contribution >= 0.6 is 0 Å². The van der Waals surface area contributed by atoms with E-state index in [1.807, 2.05) is 0 Å². The molecule has 0 heterocycles. The van der Waals surface area contributed by atoms with E-state index in [-0.39, 0.29) is 21.7 Å². The second-order valence-electron chi connectivity index (χ2n) is 20.1. The number of hydrogen-bond acceptors (Lipinski definition) is 0. The Labute approximate surface area is 341 Å². The van der Waals surface area contributed by atoms with Crippen molar-refractivity contribution in [2.24, 2.45) is 0 Å². The van der Waals surface area contributed by atoms with Crippen molar-refractivity contribution in [2.75, 3.05) is 0 Å². The molecule has 0 N–H and O–H groups in total. The highest BCUT2D eigenvalue weighted by molar-refractivity contribution is 6.17. The van der Waals surface area contributed by atoms with E-state index < -0.39 is 0 Å². The van der Waals surface area contributed by atoms with Crippen LogP contribution in [0.15, 0.2) is 133 Å². The summed E-state index contributed by atoms with van der Waals surface area (Å²) in [6.45, 7) is 19.4. The molecule has 0 saturated carbocycles. The van der Waals surface area contributed by atoms with E-state index in [2.05, 4.69) is 189 Å². The summed E-state index contributed by atoms with van der Waals surface area (Å²) < 4.78 is 0. The molecule has 0 aromatic heterocycles. The molecular formula is C58H46. The highest BCUT2D eigenvalue weighted by Gasteiger charge is 2.44. The van der Waals surface area contributed by atoms with E-state index in [1.165, 1.54) is 132 Å². The van der Waals surface area contributed by atoms with E-state index in [0.717, 1.165) is 0 Å². The molecule has 0 atom stereocenters. The quantitative estimate of drug-likeness (QED) is 0.165. The van der Waals surface area contributed by atoms with Crippen LogP contribution in [-0.4, -0.2) is 0 Å². The summed E-state index contributed by atoms with van der Waals surface area (Å²) in [6, 6.07) is 52.4. The molecule has 4 aliphatic rings. The Morgan fingerprint density at radius 1 is 0.241 bits per heavy atom. The third-order valence-electron chi connectivity index (χ3n) is 15.8. The van der Waals surface area contributed by atoms with Gasteiger partial charge in [-0.15, -0.1) is 0 Å². The molecule has 0 bridgehead atoms. The smallest absolute Gasteiger partial charge is 0.0159 e. The molecule has 0 unspecified atom stereocenters. The SMILES string of the molecule is CC1(C)c2ccc3cc(-c4ccc(-c5cc6c7c8c(ccc7c5)C(C)(C)c5cccc7ccc(c-8c57)C6(C)C)cc4)cc4c3c2-c2c(ccc3cccc1c23)C4(C)C. The third kappa shape index (κ3) is 3.71. The maximum absolute atomic E-state index is 2.51. The van der Waals surface area contributed by atoms with Gasteiger partial charge in [-0.1, -0.05) is 165 Å². The van der Waals surface area contributed by atoms with Crippen molar-refractivity contribution in [1.29, 1.82) is 0 Å². The summed E-state index contributed by atoms with van der Waals surface area (Å²) in [5.41, 5.74) is 22.1. The van der Waals surface area contributed by atoms with Crippen molar-refractivity contribution in [1.82, 2.24) is 0 Å². The molecule has 278 valence electrons. The van der Waals surface area contributed by atoms with Crippen molar-refractivity contribution in [3.63, 3.8) is 0 Å². The lowest BCUT2D eigenvalue weighted by molar-refractivity contribution is 0.628. The summed E-state index contributed by atoms with van der Waals surface area (Å²) >= 11 is 0. The van der Waals surface area contributed by atoms with Gasteiger partial charge in [0, 0.05) is 21.7 Å². The standard InChI is InChI=1S/C58H46/c1-55(2)39-13-9-11-33-19-23-43-51(47(33)39)53-41(55)25-21-35-27-37(29-45(49(35)53)57(43,5)6)31-15-17-32(18-16-31)38-28-36-22-26-42-54-50(36)46(30-38)58(7,8)44-24-20-34-12-10-14-40(56(42,3)4)48(34)52(44)54/h9-30H,1-8H3. The monoisotopic (exact) mass is 742 g/mol. The predicted octanol–water partition coefficient (Wildman–Crippen LogP) is 15.5. The van der Waals surface area contributed by atoms with Crippen molar-refractivity contribution >= 4 is 43.1 Å². The van der Waals surface area contributed by atoms with Gasteiger partial charge in [-0.2, -0.15) is 0 Å². The van der Waals surface area contributed by atoms with Gasteiger partial charge in [-0.05, 0) is 156 Å². The van der Waals surface area contributed by atoms with Crippen LogP contribution < -0.4 is 0 Å². The predicted molar refractivity (Wildman–Crippen MR) is 247 cm³/mol. The molecule has 0 heteroatoms. The number of hydrogen-bond donors (Lipinski definition) is 0. The second kappa shape index (κ2) is 10.2. The molecule has 13 rings (SSSR count). The normalized spacial score (nSPS) is 17.5. The first-order valence-electron chi connectivity index (χ1n) is 21.3. The van der Waals surface area contributed by atoms with Gasteiger partial charge in [0.05, 0.1) is 0 Å². The van der Waals surface area contributed by atoms with Crippen LogP contribution in [0.3, 0.4) is 0 Å². The first-order valence-corrected chi connectivity index (χ1v) is 21.3. The van der Waals surface area contributed by atoms with Crippen LogP contribution in [0.1, 0.15) is 99.9 Å². The Bertz CT molecular complexity index is 3190. The van der Waals surface area contributed by atoms with Gasteiger partial charge in [0.2, 0.25) is 0 Å². The molecule has 0 nitrogen and oxygen atoms in total. The lowest BCUT2D eigenvalue weighted by Gasteiger charge is -2.43. The van der Waals surface area contributed by atoms with E-state index in [0.29, 0.717) is 0 Å². The minimum Gasteiger partial charge on any atom is -0.0613 e.